The summed E-state index contributed by atoms with van der Waals surface area (Å²) in [6.45, 7) is 1.89. The molecule has 1 unspecified atom stereocenters. The molecule has 0 aromatic heterocycles. The molecule has 0 radical (unpaired) electrons. The maximum Gasteiger partial charge on any atom is 0.329 e. The lowest BCUT2D eigenvalue weighted by molar-refractivity contribution is -0.142. The number of aliphatic carboxylic acids is 1. The van der Waals surface area contributed by atoms with Gasteiger partial charge in [0.1, 0.15) is 6.61 Å². The van der Waals surface area contributed by atoms with E-state index in [9.17, 15) is 9.59 Å². The highest BCUT2D eigenvalue weighted by molar-refractivity contribution is 5.79. The van der Waals surface area contributed by atoms with E-state index in [2.05, 4.69) is 10.6 Å². The zero-order chi connectivity index (χ0) is 11.1. The van der Waals surface area contributed by atoms with Crippen LogP contribution in [0.5, 0.6) is 0 Å². The first-order valence-corrected chi connectivity index (χ1v) is 4.98. The fourth-order valence-corrected chi connectivity index (χ4v) is 1.43. The summed E-state index contributed by atoms with van der Waals surface area (Å²) in [5.74, 6) is -0.940. The number of ether oxygens (including phenoxy) is 1. The normalized spacial score (nSPS) is 20.1. The topological polar surface area (TPSA) is 87.7 Å². The van der Waals surface area contributed by atoms with E-state index >= 15 is 0 Å². The summed E-state index contributed by atoms with van der Waals surface area (Å²) in [7, 11) is 0. The quantitative estimate of drug-likeness (QED) is 0.486. The van der Waals surface area contributed by atoms with E-state index in [4.69, 9.17) is 9.84 Å². The number of rotatable bonds is 6. The van der Waals surface area contributed by atoms with Crippen molar-refractivity contribution in [2.24, 2.45) is 5.92 Å². The summed E-state index contributed by atoms with van der Waals surface area (Å²) in [4.78, 5) is 21.5. The van der Waals surface area contributed by atoms with Crippen LogP contribution in [0.4, 0.5) is 0 Å². The Balaban J connectivity index is 1.99. The third kappa shape index (κ3) is 4.75. The molecule has 0 spiro atoms. The van der Waals surface area contributed by atoms with Gasteiger partial charge in [-0.05, 0) is 13.0 Å². The zero-order valence-corrected chi connectivity index (χ0v) is 8.49. The first-order chi connectivity index (χ1) is 7.20. The summed E-state index contributed by atoms with van der Waals surface area (Å²) >= 11 is 0. The molecule has 1 atom stereocenters. The lowest BCUT2D eigenvalue weighted by Gasteiger charge is -2.09. The minimum absolute atomic E-state index is 0.0129. The Hall–Kier alpha value is -1.14. The van der Waals surface area contributed by atoms with Gasteiger partial charge >= 0.3 is 5.97 Å². The maximum atomic E-state index is 11.4. The van der Waals surface area contributed by atoms with Gasteiger partial charge in [-0.25, -0.2) is 4.79 Å². The van der Waals surface area contributed by atoms with Gasteiger partial charge in [-0.1, -0.05) is 0 Å². The minimum atomic E-state index is -0.999. The fraction of sp³-hybridized carbons (Fsp3) is 0.778. The van der Waals surface area contributed by atoms with Crippen molar-refractivity contribution in [3.8, 4) is 0 Å². The molecule has 0 aromatic carbocycles. The predicted molar refractivity (Wildman–Crippen MR) is 52.4 cm³/mol. The number of nitrogens with one attached hydrogen (secondary N) is 2. The van der Waals surface area contributed by atoms with Crippen molar-refractivity contribution in [1.29, 1.82) is 0 Å². The molecule has 15 heavy (non-hydrogen) atoms. The second kappa shape index (κ2) is 6.36. The highest BCUT2D eigenvalue weighted by atomic mass is 16.5. The largest absolute Gasteiger partial charge is 0.480 e. The number of carbonyl (C=O) groups excluding carboxylic acids is 1. The molecule has 1 rings (SSSR count). The second-order valence-corrected chi connectivity index (χ2v) is 3.43. The van der Waals surface area contributed by atoms with Crippen molar-refractivity contribution < 1.29 is 19.4 Å². The fourth-order valence-electron chi connectivity index (χ4n) is 1.43. The van der Waals surface area contributed by atoms with E-state index in [-0.39, 0.29) is 25.0 Å². The lowest BCUT2D eigenvalue weighted by atomic mass is 10.1. The van der Waals surface area contributed by atoms with Gasteiger partial charge in [-0.15, -0.1) is 0 Å². The van der Waals surface area contributed by atoms with Crippen molar-refractivity contribution >= 4 is 11.9 Å². The summed E-state index contributed by atoms with van der Waals surface area (Å²) in [5.41, 5.74) is 0. The number of hydrogen-bond acceptors (Lipinski definition) is 4. The lowest BCUT2D eigenvalue weighted by Crippen LogP contribution is -2.34. The van der Waals surface area contributed by atoms with E-state index in [1.165, 1.54) is 0 Å². The number of carbonyl (C=O) groups is 2. The summed E-state index contributed by atoms with van der Waals surface area (Å²) in [5, 5.41) is 14.1. The smallest absolute Gasteiger partial charge is 0.329 e. The average molecular weight is 216 g/mol. The molecule has 1 aliphatic rings. The molecule has 1 heterocycles. The van der Waals surface area contributed by atoms with Gasteiger partial charge in [0.25, 0.3) is 0 Å². The molecule has 1 aliphatic heterocycles. The Labute approximate surface area is 88.0 Å². The van der Waals surface area contributed by atoms with Crippen LogP contribution in [0.15, 0.2) is 0 Å². The van der Waals surface area contributed by atoms with E-state index in [0.717, 1.165) is 19.5 Å². The summed E-state index contributed by atoms with van der Waals surface area (Å²) in [6, 6.07) is 0. The van der Waals surface area contributed by atoms with E-state index in [1.54, 1.807) is 0 Å². The number of hydrogen-bond donors (Lipinski definition) is 3. The Bertz CT molecular complexity index is 226. The van der Waals surface area contributed by atoms with Crippen LogP contribution in [0, 0.1) is 5.92 Å². The van der Waals surface area contributed by atoms with Crippen molar-refractivity contribution in [2.45, 2.75) is 6.42 Å². The first kappa shape index (κ1) is 11.9. The van der Waals surface area contributed by atoms with Crippen molar-refractivity contribution in [1.82, 2.24) is 10.6 Å². The monoisotopic (exact) mass is 216 g/mol. The van der Waals surface area contributed by atoms with Gasteiger partial charge in [-0.2, -0.15) is 0 Å². The van der Waals surface area contributed by atoms with Gasteiger partial charge in [0.2, 0.25) is 5.91 Å². The Morgan fingerprint density at radius 3 is 2.93 bits per heavy atom. The Morgan fingerprint density at radius 2 is 2.33 bits per heavy atom. The average Bonchev–Trinajstić information content (AvgIpc) is 2.69. The van der Waals surface area contributed by atoms with Crippen LogP contribution in [0.1, 0.15) is 6.42 Å². The maximum absolute atomic E-state index is 11.4. The molecule has 0 bridgehead atoms. The van der Waals surface area contributed by atoms with Crippen LogP contribution in [-0.4, -0.2) is 49.8 Å². The number of amides is 1. The highest BCUT2D eigenvalue weighted by Gasteiger charge is 2.21. The molecule has 0 aromatic rings. The summed E-state index contributed by atoms with van der Waals surface area (Å²) < 4.78 is 4.78. The van der Waals surface area contributed by atoms with E-state index < -0.39 is 5.97 Å². The summed E-state index contributed by atoms with van der Waals surface area (Å²) in [6.07, 6.45) is 0.863. The molecule has 1 saturated heterocycles. The second-order valence-electron chi connectivity index (χ2n) is 3.43. The van der Waals surface area contributed by atoms with Gasteiger partial charge in [-0.3, -0.25) is 4.79 Å². The van der Waals surface area contributed by atoms with Crippen LogP contribution >= 0.6 is 0 Å². The molecule has 1 fully saturated rings. The molecule has 3 N–H and O–H groups in total. The minimum Gasteiger partial charge on any atom is -0.480 e. The standard InChI is InChI=1S/C9H16N2O4/c12-8(13)6-15-4-3-11-9(14)7-1-2-10-5-7/h7,10H,1-6H2,(H,11,14)(H,12,13). The number of carboxylic acid groups (broad SMARTS) is 1. The van der Waals surface area contributed by atoms with Crippen LogP contribution < -0.4 is 10.6 Å². The molecule has 1 amide bonds. The third-order valence-corrected chi connectivity index (χ3v) is 2.20. The van der Waals surface area contributed by atoms with E-state index in [0.29, 0.717) is 6.54 Å². The first-order valence-electron chi connectivity index (χ1n) is 4.98. The SMILES string of the molecule is O=C(O)COCCNC(=O)C1CCNC1. The van der Waals surface area contributed by atoms with Gasteiger partial charge < -0.3 is 20.5 Å². The predicted octanol–water partition coefficient (Wildman–Crippen LogP) is -1.19. The van der Waals surface area contributed by atoms with E-state index in [1.807, 2.05) is 0 Å². The molecule has 0 aliphatic carbocycles. The molecule has 86 valence electrons. The van der Waals surface area contributed by atoms with Crippen molar-refractivity contribution in [3.05, 3.63) is 0 Å². The van der Waals surface area contributed by atoms with Crippen LogP contribution in [0.25, 0.3) is 0 Å². The van der Waals surface area contributed by atoms with Crippen molar-refractivity contribution in [2.75, 3.05) is 32.8 Å². The zero-order valence-electron chi connectivity index (χ0n) is 8.49. The van der Waals surface area contributed by atoms with Gasteiger partial charge in [0, 0.05) is 13.1 Å². The van der Waals surface area contributed by atoms with Crippen LogP contribution in [-0.2, 0) is 14.3 Å². The van der Waals surface area contributed by atoms with Crippen LogP contribution in [0.2, 0.25) is 0 Å². The highest BCUT2D eigenvalue weighted by Crippen LogP contribution is 2.06. The molecular formula is C9H16N2O4. The molecular weight excluding hydrogens is 200 g/mol. The Morgan fingerprint density at radius 1 is 1.53 bits per heavy atom. The van der Waals surface area contributed by atoms with Crippen molar-refractivity contribution in [3.63, 3.8) is 0 Å². The molecule has 6 nitrogen and oxygen atoms in total. The third-order valence-electron chi connectivity index (χ3n) is 2.20. The number of carboxylic acids is 1. The molecule has 6 heteroatoms. The van der Waals surface area contributed by atoms with Crippen LogP contribution in [0.3, 0.4) is 0 Å². The van der Waals surface area contributed by atoms with Gasteiger partial charge in [0.05, 0.1) is 12.5 Å². The Kier molecular flexibility index (Phi) is 5.06. The van der Waals surface area contributed by atoms with Gasteiger partial charge in [0.15, 0.2) is 0 Å². The molecule has 0 saturated carbocycles.